The van der Waals surface area contributed by atoms with Crippen LogP contribution >= 0.6 is 11.3 Å². The summed E-state index contributed by atoms with van der Waals surface area (Å²) in [7, 11) is 3.61. The van der Waals surface area contributed by atoms with Gasteiger partial charge in [-0.05, 0) is 20.8 Å². The first-order chi connectivity index (χ1) is 8.51. The van der Waals surface area contributed by atoms with Gasteiger partial charge < -0.3 is 14.4 Å². The quantitative estimate of drug-likeness (QED) is 0.742. The van der Waals surface area contributed by atoms with Gasteiger partial charge in [-0.25, -0.2) is 9.78 Å². The minimum atomic E-state index is -0.356. The largest absolute Gasteiger partial charge is 0.461 e. The number of carbonyl (C=O) groups excluding carboxylic acids is 1. The van der Waals surface area contributed by atoms with Crippen molar-refractivity contribution in [3.8, 4) is 0 Å². The number of likely N-dealkylation sites (N-methyl/N-ethyl adjacent to an activating group) is 1. The van der Waals surface area contributed by atoms with E-state index in [-0.39, 0.29) is 12.0 Å². The van der Waals surface area contributed by atoms with E-state index in [0.29, 0.717) is 18.9 Å². The molecular weight excluding hydrogens is 252 g/mol. The van der Waals surface area contributed by atoms with E-state index in [4.69, 9.17) is 9.47 Å². The standard InChI is InChI=1S/C12H20N2O3S/c1-6-17-11(15)10-9(3)18-12(13-10)14(4)8(2)7-16-5/h8H,6-7H2,1-5H3. The molecule has 5 nitrogen and oxygen atoms in total. The molecule has 0 saturated carbocycles. The molecule has 1 unspecified atom stereocenters. The first kappa shape index (κ1) is 14.9. The highest BCUT2D eigenvalue weighted by atomic mass is 32.1. The first-order valence-electron chi connectivity index (χ1n) is 5.87. The van der Waals surface area contributed by atoms with Gasteiger partial charge in [-0.2, -0.15) is 0 Å². The number of hydrogen-bond acceptors (Lipinski definition) is 6. The van der Waals surface area contributed by atoms with Crippen LogP contribution in [0.15, 0.2) is 0 Å². The van der Waals surface area contributed by atoms with Crippen molar-refractivity contribution < 1.29 is 14.3 Å². The minimum Gasteiger partial charge on any atom is -0.461 e. The number of aromatic nitrogens is 1. The summed E-state index contributed by atoms with van der Waals surface area (Å²) < 4.78 is 10.1. The second-order valence-corrected chi connectivity index (χ2v) is 5.22. The number of esters is 1. The molecule has 1 heterocycles. The van der Waals surface area contributed by atoms with Crippen molar-refractivity contribution in [2.24, 2.45) is 0 Å². The fourth-order valence-electron chi connectivity index (χ4n) is 1.46. The Hall–Kier alpha value is -1.14. The van der Waals surface area contributed by atoms with E-state index in [1.165, 1.54) is 11.3 Å². The Morgan fingerprint density at radius 3 is 2.78 bits per heavy atom. The number of aryl methyl sites for hydroxylation is 1. The summed E-state index contributed by atoms with van der Waals surface area (Å²) in [6.07, 6.45) is 0. The van der Waals surface area contributed by atoms with Crippen molar-refractivity contribution >= 4 is 22.4 Å². The van der Waals surface area contributed by atoms with Crippen molar-refractivity contribution in [2.75, 3.05) is 32.3 Å². The molecule has 0 spiro atoms. The van der Waals surface area contributed by atoms with Crippen LogP contribution in [0.2, 0.25) is 0 Å². The van der Waals surface area contributed by atoms with E-state index in [1.807, 2.05) is 25.8 Å². The molecule has 102 valence electrons. The van der Waals surface area contributed by atoms with Gasteiger partial charge in [-0.15, -0.1) is 11.3 Å². The van der Waals surface area contributed by atoms with E-state index in [0.717, 1.165) is 10.0 Å². The molecule has 1 rings (SSSR count). The Bertz CT molecular complexity index is 406. The van der Waals surface area contributed by atoms with Crippen molar-refractivity contribution in [1.29, 1.82) is 0 Å². The highest BCUT2D eigenvalue weighted by Crippen LogP contribution is 2.26. The summed E-state index contributed by atoms with van der Waals surface area (Å²) in [5, 5.41) is 0.806. The predicted molar refractivity (Wildman–Crippen MR) is 72.5 cm³/mol. The van der Waals surface area contributed by atoms with Gasteiger partial charge in [-0.1, -0.05) is 0 Å². The third-order valence-electron chi connectivity index (χ3n) is 2.62. The van der Waals surface area contributed by atoms with Crippen LogP contribution in [0.1, 0.15) is 29.2 Å². The van der Waals surface area contributed by atoms with E-state index in [9.17, 15) is 4.79 Å². The molecule has 18 heavy (non-hydrogen) atoms. The molecule has 0 aliphatic carbocycles. The van der Waals surface area contributed by atoms with E-state index in [1.54, 1.807) is 14.0 Å². The van der Waals surface area contributed by atoms with E-state index < -0.39 is 0 Å². The fraction of sp³-hybridized carbons (Fsp3) is 0.667. The van der Waals surface area contributed by atoms with E-state index in [2.05, 4.69) is 4.98 Å². The third kappa shape index (κ3) is 3.43. The van der Waals surface area contributed by atoms with Crippen LogP contribution in [0.4, 0.5) is 5.13 Å². The Kier molecular flexibility index (Phi) is 5.55. The number of carbonyl (C=O) groups is 1. The molecule has 0 N–H and O–H groups in total. The molecule has 0 fully saturated rings. The summed E-state index contributed by atoms with van der Waals surface area (Å²) in [6, 6.07) is 0.204. The summed E-state index contributed by atoms with van der Waals surface area (Å²) in [5.41, 5.74) is 0.410. The molecule has 1 atom stereocenters. The zero-order valence-electron chi connectivity index (χ0n) is 11.5. The summed E-state index contributed by atoms with van der Waals surface area (Å²) in [5.74, 6) is -0.356. The molecule has 1 aromatic rings. The number of nitrogens with zero attached hydrogens (tertiary/aromatic N) is 2. The van der Waals surface area contributed by atoms with Gasteiger partial charge in [0.2, 0.25) is 0 Å². The number of methoxy groups -OCH3 is 1. The highest BCUT2D eigenvalue weighted by Gasteiger charge is 2.20. The van der Waals surface area contributed by atoms with Gasteiger partial charge in [0, 0.05) is 19.0 Å². The van der Waals surface area contributed by atoms with Crippen molar-refractivity contribution in [3.05, 3.63) is 10.6 Å². The molecule has 0 aliphatic rings. The molecule has 0 saturated heterocycles. The number of anilines is 1. The average molecular weight is 272 g/mol. The lowest BCUT2D eigenvalue weighted by molar-refractivity contribution is 0.0519. The molecule has 0 aliphatic heterocycles. The normalized spacial score (nSPS) is 12.3. The van der Waals surface area contributed by atoms with Gasteiger partial charge in [0.15, 0.2) is 10.8 Å². The SMILES string of the molecule is CCOC(=O)c1nc(N(C)C(C)COC)sc1C. The molecule has 1 aromatic heterocycles. The summed E-state index contributed by atoms with van der Waals surface area (Å²) in [4.78, 5) is 18.9. The first-order valence-corrected chi connectivity index (χ1v) is 6.69. The Morgan fingerprint density at radius 1 is 1.56 bits per heavy atom. The van der Waals surface area contributed by atoms with Crippen molar-refractivity contribution in [3.63, 3.8) is 0 Å². The maximum absolute atomic E-state index is 11.7. The smallest absolute Gasteiger partial charge is 0.358 e. The Labute approximate surface area is 112 Å². The van der Waals surface area contributed by atoms with Gasteiger partial charge in [-0.3, -0.25) is 0 Å². The summed E-state index contributed by atoms with van der Waals surface area (Å²) >= 11 is 1.49. The Morgan fingerprint density at radius 2 is 2.22 bits per heavy atom. The zero-order chi connectivity index (χ0) is 13.7. The van der Waals surface area contributed by atoms with Crippen LogP contribution in [0, 0.1) is 6.92 Å². The number of thiazole rings is 1. The van der Waals surface area contributed by atoms with Crippen LogP contribution in [0.3, 0.4) is 0 Å². The van der Waals surface area contributed by atoms with Crippen LogP contribution in [0.25, 0.3) is 0 Å². The predicted octanol–water partition coefficient (Wildman–Crippen LogP) is 2.10. The van der Waals surface area contributed by atoms with Crippen LogP contribution in [-0.4, -0.2) is 44.4 Å². The number of ether oxygens (including phenoxy) is 2. The zero-order valence-corrected chi connectivity index (χ0v) is 12.3. The minimum absolute atomic E-state index is 0.204. The highest BCUT2D eigenvalue weighted by molar-refractivity contribution is 7.15. The topological polar surface area (TPSA) is 51.7 Å². The molecule has 0 radical (unpaired) electrons. The van der Waals surface area contributed by atoms with Crippen molar-refractivity contribution in [1.82, 2.24) is 4.98 Å². The summed E-state index contributed by atoms with van der Waals surface area (Å²) in [6.45, 7) is 6.69. The van der Waals surface area contributed by atoms with Crippen LogP contribution in [0.5, 0.6) is 0 Å². The Balaban J connectivity index is 2.86. The van der Waals surface area contributed by atoms with Gasteiger partial charge in [0.25, 0.3) is 0 Å². The number of rotatable bonds is 6. The lowest BCUT2D eigenvalue weighted by Crippen LogP contribution is -2.32. The van der Waals surface area contributed by atoms with Crippen molar-refractivity contribution in [2.45, 2.75) is 26.8 Å². The van der Waals surface area contributed by atoms with Crippen LogP contribution < -0.4 is 4.90 Å². The van der Waals surface area contributed by atoms with Crippen LogP contribution in [-0.2, 0) is 9.47 Å². The molecule has 0 bridgehead atoms. The molecular formula is C12H20N2O3S. The van der Waals surface area contributed by atoms with E-state index >= 15 is 0 Å². The van der Waals surface area contributed by atoms with Gasteiger partial charge >= 0.3 is 5.97 Å². The van der Waals surface area contributed by atoms with Gasteiger partial charge in [0.1, 0.15) is 0 Å². The number of hydrogen-bond donors (Lipinski definition) is 0. The monoisotopic (exact) mass is 272 g/mol. The average Bonchev–Trinajstić information content (AvgIpc) is 2.71. The fourth-order valence-corrected chi connectivity index (χ4v) is 2.42. The maximum Gasteiger partial charge on any atom is 0.358 e. The second-order valence-electron chi connectivity index (χ2n) is 4.04. The molecule has 0 amide bonds. The third-order valence-corrected chi connectivity index (χ3v) is 3.69. The second kappa shape index (κ2) is 6.70. The molecule has 0 aromatic carbocycles. The molecule has 6 heteroatoms. The van der Waals surface area contributed by atoms with Gasteiger partial charge in [0.05, 0.1) is 19.3 Å². The lowest BCUT2D eigenvalue weighted by atomic mass is 10.3. The maximum atomic E-state index is 11.7. The lowest BCUT2D eigenvalue weighted by Gasteiger charge is -2.23.